The molecule has 0 N–H and O–H groups in total. The average Bonchev–Trinajstić information content (AvgIpc) is 3.67. The first-order valence-corrected chi connectivity index (χ1v) is 19.2. The summed E-state index contributed by atoms with van der Waals surface area (Å²) in [6, 6.07) is 48.2. The van der Waals surface area contributed by atoms with E-state index in [9.17, 15) is 0 Å². The molecule has 0 fully saturated rings. The fourth-order valence-electron chi connectivity index (χ4n) is 6.83. The predicted molar refractivity (Wildman–Crippen MR) is 176 cm³/mol. The van der Waals surface area contributed by atoms with Crippen LogP contribution in [-0.2, 0) is 34.1 Å². The van der Waals surface area contributed by atoms with Crippen LogP contribution in [0.3, 0.4) is 0 Å². The molecular weight excluding hydrogens is 584 g/mol. The minimum absolute atomic E-state index is 0.431. The number of fused-ring (bicyclic) bond motifs is 3. The van der Waals surface area contributed by atoms with Gasteiger partial charge in [-0.2, -0.15) is 0 Å². The number of hydrogen-bond donors (Lipinski definition) is 0. The Balaban J connectivity index is 1.56. The summed E-state index contributed by atoms with van der Waals surface area (Å²) < 4.78 is 3.73. The summed E-state index contributed by atoms with van der Waals surface area (Å²) in [4.78, 5) is 0. The molecule has 0 unspecified atom stereocenters. The Morgan fingerprint density at radius 1 is 0.619 bits per heavy atom. The van der Waals surface area contributed by atoms with E-state index < -0.39 is 21.3 Å². The predicted octanol–water partition coefficient (Wildman–Crippen LogP) is 10.1. The summed E-state index contributed by atoms with van der Waals surface area (Å²) in [5.74, 6) is 0. The third-order valence-corrected chi connectivity index (χ3v) is 17.2. The second-order valence-electron chi connectivity index (χ2n) is 11.4. The van der Waals surface area contributed by atoms with Gasteiger partial charge < -0.3 is 0 Å². The zero-order valence-corrected chi connectivity index (χ0v) is 26.9. The third-order valence-electron chi connectivity index (χ3n) is 8.97. The Bertz CT molecular complexity index is 1750. The fraction of sp³-hybridized carbons (Fsp3) is 0.146. The average molecular weight is 620 g/mol. The molecule has 0 bridgehead atoms. The number of allylic oxidation sites excluding steroid dienone is 4. The van der Waals surface area contributed by atoms with Gasteiger partial charge in [-0.1, -0.05) is 0 Å². The first-order valence-electron chi connectivity index (χ1n) is 15.3. The van der Waals surface area contributed by atoms with Crippen LogP contribution in [-0.4, -0.2) is 3.21 Å². The van der Waals surface area contributed by atoms with Crippen molar-refractivity contribution >= 4 is 8.78 Å². The Morgan fingerprint density at radius 3 is 1.62 bits per heavy atom. The number of rotatable bonds is 7. The van der Waals surface area contributed by atoms with Crippen LogP contribution in [0.25, 0.3) is 16.7 Å². The topological polar surface area (TPSA) is 0 Å². The molecule has 0 amide bonds. The standard InChI is InChI=1S/C17H17.C13H10.C11H9.Zr/c1-3-12-5-7-16-14(9-12)11-15-10-13(4-2)6-8-17(15)16;1-3-7-12(8-4-1)11-13-9-5-2-6-10-13;1-2-6-10(7-3-1)11-8-4-5-9-11;/h5-11H,3-4H2,1-2H3;1-10H;1-3,6-9H,4H2;. The molecule has 2 aliphatic carbocycles. The molecule has 0 atom stereocenters. The van der Waals surface area contributed by atoms with Crippen LogP contribution in [0.4, 0.5) is 0 Å². The number of benzene rings is 5. The van der Waals surface area contributed by atoms with Gasteiger partial charge in [0.15, 0.2) is 0 Å². The van der Waals surface area contributed by atoms with Gasteiger partial charge >= 0.3 is 260 Å². The molecule has 0 saturated heterocycles. The van der Waals surface area contributed by atoms with E-state index in [-0.39, 0.29) is 0 Å². The summed E-state index contributed by atoms with van der Waals surface area (Å²) in [6.45, 7) is 4.57. The quantitative estimate of drug-likeness (QED) is 0.170. The summed E-state index contributed by atoms with van der Waals surface area (Å²) in [5, 5.41) is 0. The molecule has 0 aromatic heterocycles. The van der Waals surface area contributed by atoms with Crippen molar-refractivity contribution < 1.29 is 21.3 Å². The van der Waals surface area contributed by atoms with Gasteiger partial charge in [0.1, 0.15) is 0 Å². The molecule has 0 spiro atoms. The van der Waals surface area contributed by atoms with Crippen molar-refractivity contribution in [1.29, 1.82) is 0 Å². The Morgan fingerprint density at radius 2 is 1.12 bits per heavy atom. The molecule has 0 saturated carbocycles. The fourth-order valence-corrected chi connectivity index (χ4v) is 15.9. The van der Waals surface area contributed by atoms with Gasteiger partial charge in [0, 0.05) is 0 Å². The monoisotopic (exact) mass is 618 g/mol. The minimum atomic E-state index is -2.74. The molecular formula is C41H36Zr. The van der Waals surface area contributed by atoms with Crippen molar-refractivity contribution in [2.45, 2.75) is 36.7 Å². The molecule has 5 aromatic rings. The van der Waals surface area contributed by atoms with Gasteiger partial charge in [-0.15, -0.1) is 0 Å². The van der Waals surface area contributed by atoms with Crippen molar-refractivity contribution in [3.8, 4) is 11.1 Å². The van der Waals surface area contributed by atoms with Gasteiger partial charge in [-0.05, 0) is 0 Å². The summed E-state index contributed by atoms with van der Waals surface area (Å²) in [5.41, 5.74) is 14.4. The van der Waals surface area contributed by atoms with Crippen LogP contribution in [0.15, 0.2) is 143 Å². The zero-order chi connectivity index (χ0) is 28.5. The maximum absolute atomic E-state index is 2.74. The molecule has 204 valence electrons. The SMILES string of the molecule is CCc1ccc2c(c1)[CH]([Zr]([C]1=CC(c3ccccc3)=CC1)=[C](c1ccccc1)c1ccccc1)c1cc(CC)ccc1-2. The number of aryl methyl sites for hydroxylation is 2. The molecule has 0 radical (unpaired) electrons. The van der Waals surface area contributed by atoms with E-state index in [0.29, 0.717) is 3.63 Å². The number of hydrogen-bond acceptors (Lipinski definition) is 0. The maximum atomic E-state index is 2.58. The molecule has 0 nitrogen and oxygen atoms in total. The second-order valence-corrected chi connectivity index (χ2v) is 17.7. The Kier molecular flexibility index (Phi) is 7.71. The van der Waals surface area contributed by atoms with Crippen LogP contribution in [0.5, 0.6) is 0 Å². The molecule has 5 aromatic carbocycles. The van der Waals surface area contributed by atoms with E-state index in [0.717, 1.165) is 19.3 Å². The van der Waals surface area contributed by atoms with Gasteiger partial charge in [0.05, 0.1) is 0 Å². The first-order chi connectivity index (χ1) is 20.7. The van der Waals surface area contributed by atoms with Crippen LogP contribution in [0, 0.1) is 0 Å². The molecule has 1 heteroatoms. The van der Waals surface area contributed by atoms with E-state index in [1.165, 1.54) is 44.5 Å². The Labute approximate surface area is 258 Å². The normalized spacial score (nSPS) is 13.8. The van der Waals surface area contributed by atoms with E-state index >= 15 is 0 Å². The van der Waals surface area contributed by atoms with E-state index in [1.807, 2.05) is 0 Å². The van der Waals surface area contributed by atoms with Gasteiger partial charge in [-0.3, -0.25) is 0 Å². The van der Waals surface area contributed by atoms with Crippen LogP contribution < -0.4 is 0 Å². The van der Waals surface area contributed by atoms with Crippen LogP contribution in [0.2, 0.25) is 0 Å². The van der Waals surface area contributed by atoms with E-state index in [1.54, 1.807) is 17.6 Å². The molecule has 0 heterocycles. The van der Waals surface area contributed by atoms with Crippen LogP contribution in [0.1, 0.15) is 62.8 Å². The van der Waals surface area contributed by atoms with Crippen molar-refractivity contribution in [1.82, 2.24) is 0 Å². The second kappa shape index (κ2) is 11.9. The molecule has 2 aliphatic rings. The molecule has 0 aliphatic heterocycles. The summed E-state index contributed by atoms with van der Waals surface area (Å²) in [7, 11) is 0. The van der Waals surface area contributed by atoms with Gasteiger partial charge in [0.2, 0.25) is 0 Å². The summed E-state index contributed by atoms with van der Waals surface area (Å²) in [6.07, 6.45) is 8.24. The summed E-state index contributed by atoms with van der Waals surface area (Å²) >= 11 is -2.74. The zero-order valence-electron chi connectivity index (χ0n) is 24.5. The van der Waals surface area contributed by atoms with Crippen molar-refractivity contribution in [2.24, 2.45) is 0 Å². The van der Waals surface area contributed by atoms with Crippen molar-refractivity contribution in [2.75, 3.05) is 0 Å². The van der Waals surface area contributed by atoms with Crippen molar-refractivity contribution in [3.05, 3.63) is 182 Å². The third kappa shape index (κ3) is 4.99. The van der Waals surface area contributed by atoms with Crippen LogP contribution >= 0.6 is 0 Å². The van der Waals surface area contributed by atoms with E-state index in [4.69, 9.17) is 0 Å². The first kappa shape index (κ1) is 27.2. The molecule has 42 heavy (non-hydrogen) atoms. The van der Waals surface area contributed by atoms with Crippen molar-refractivity contribution in [3.63, 3.8) is 0 Å². The van der Waals surface area contributed by atoms with Gasteiger partial charge in [0.25, 0.3) is 0 Å². The molecule has 7 rings (SSSR count). The van der Waals surface area contributed by atoms with Gasteiger partial charge in [-0.25, -0.2) is 0 Å². The van der Waals surface area contributed by atoms with E-state index in [2.05, 4.69) is 153 Å². The Hall–Kier alpha value is -3.67.